The predicted molar refractivity (Wildman–Crippen MR) is 66.9 cm³/mol. The van der Waals surface area contributed by atoms with Crippen LogP contribution in [-0.4, -0.2) is 11.9 Å². The number of rotatable bonds is 2. The second-order valence-corrected chi connectivity index (χ2v) is 4.33. The molecule has 0 aliphatic carbocycles. The maximum Gasteiger partial charge on any atom is 0.231 e. The third kappa shape index (κ3) is 1.59. The number of fused-ring (bicyclic) bond motifs is 1. The summed E-state index contributed by atoms with van der Waals surface area (Å²) in [6.07, 6.45) is 0.763. The Morgan fingerprint density at radius 2 is 2.11 bits per heavy atom. The van der Waals surface area contributed by atoms with E-state index in [9.17, 15) is 0 Å². The standard InChI is InChI=1S/C12H11ClN2O3/c1-2-6-7(9-4-10(14)15-18-9)3-8(13)12-11(6)16-5-17-12/h3-4H,2,5H2,1H3,(H2,14,15). The summed E-state index contributed by atoms with van der Waals surface area (Å²) in [6.45, 7) is 2.21. The summed E-state index contributed by atoms with van der Waals surface area (Å²) in [7, 11) is 0. The molecule has 0 bridgehead atoms. The van der Waals surface area contributed by atoms with Crippen LogP contribution >= 0.6 is 11.6 Å². The normalized spacial score (nSPS) is 13.0. The molecule has 0 saturated carbocycles. The zero-order valence-electron chi connectivity index (χ0n) is 9.70. The van der Waals surface area contributed by atoms with E-state index >= 15 is 0 Å². The van der Waals surface area contributed by atoms with Crippen LogP contribution in [-0.2, 0) is 6.42 Å². The van der Waals surface area contributed by atoms with Gasteiger partial charge in [0.2, 0.25) is 6.79 Å². The molecule has 6 heteroatoms. The van der Waals surface area contributed by atoms with Gasteiger partial charge in [0.25, 0.3) is 0 Å². The Morgan fingerprint density at radius 1 is 1.33 bits per heavy atom. The van der Waals surface area contributed by atoms with Crippen LogP contribution in [0, 0.1) is 0 Å². The van der Waals surface area contributed by atoms with Crippen molar-refractivity contribution in [3.63, 3.8) is 0 Å². The van der Waals surface area contributed by atoms with Gasteiger partial charge >= 0.3 is 0 Å². The SMILES string of the molecule is CCc1c(-c2cc(N)no2)cc(Cl)c2c1OCO2. The van der Waals surface area contributed by atoms with Crippen LogP contribution in [0.25, 0.3) is 11.3 Å². The summed E-state index contributed by atoms with van der Waals surface area (Å²) in [6, 6.07) is 3.45. The summed E-state index contributed by atoms with van der Waals surface area (Å²) in [4.78, 5) is 0. The summed E-state index contributed by atoms with van der Waals surface area (Å²) in [5.74, 6) is 2.17. The molecule has 1 aromatic heterocycles. The number of aromatic nitrogens is 1. The molecule has 0 unspecified atom stereocenters. The third-order valence-corrected chi connectivity index (χ3v) is 3.13. The molecular formula is C12H11ClN2O3. The van der Waals surface area contributed by atoms with E-state index < -0.39 is 0 Å². The van der Waals surface area contributed by atoms with Crippen molar-refractivity contribution < 1.29 is 14.0 Å². The number of nitrogens with two attached hydrogens (primary N) is 1. The molecule has 0 fully saturated rings. The van der Waals surface area contributed by atoms with Crippen molar-refractivity contribution in [3.05, 3.63) is 22.7 Å². The van der Waals surface area contributed by atoms with E-state index in [1.54, 1.807) is 12.1 Å². The highest BCUT2D eigenvalue weighted by atomic mass is 35.5. The Kier molecular flexibility index (Phi) is 2.56. The molecule has 2 aromatic rings. The summed E-state index contributed by atoms with van der Waals surface area (Å²) in [5.41, 5.74) is 7.37. The second-order valence-electron chi connectivity index (χ2n) is 3.92. The molecule has 0 amide bonds. The van der Waals surface area contributed by atoms with Gasteiger partial charge in [-0.15, -0.1) is 0 Å². The Balaban J connectivity index is 2.23. The van der Waals surface area contributed by atoms with Gasteiger partial charge < -0.3 is 19.7 Å². The van der Waals surface area contributed by atoms with E-state index in [0.29, 0.717) is 28.1 Å². The molecule has 5 nitrogen and oxygen atoms in total. The topological polar surface area (TPSA) is 70.5 Å². The molecule has 0 atom stereocenters. The van der Waals surface area contributed by atoms with E-state index in [1.807, 2.05) is 6.92 Å². The average Bonchev–Trinajstić information content (AvgIpc) is 2.97. The zero-order chi connectivity index (χ0) is 12.7. The molecule has 2 N–H and O–H groups in total. The Bertz CT molecular complexity index is 610. The van der Waals surface area contributed by atoms with E-state index in [4.69, 9.17) is 31.3 Å². The van der Waals surface area contributed by atoms with Gasteiger partial charge in [0.1, 0.15) is 0 Å². The van der Waals surface area contributed by atoms with Gasteiger partial charge in [0, 0.05) is 17.2 Å². The van der Waals surface area contributed by atoms with Gasteiger partial charge in [-0.1, -0.05) is 23.7 Å². The lowest BCUT2D eigenvalue weighted by Crippen LogP contribution is -1.95. The molecule has 1 aliphatic rings. The average molecular weight is 267 g/mol. The molecule has 2 heterocycles. The number of anilines is 1. The molecule has 0 spiro atoms. The Morgan fingerprint density at radius 3 is 2.78 bits per heavy atom. The van der Waals surface area contributed by atoms with E-state index in [2.05, 4.69) is 5.16 Å². The lowest BCUT2D eigenvalue weighted by molar-refractivity contribution is 0.173. The minimum Gasteiger partial charge on any atom is -0.453 e. The Hall–Kier alpha value is -1.88. The number of nitrogens with zero attached hydrogens (tertiary/aromatic N) is 1. The lowest BCUT2D eigenvalue weighted by Gasteiger charge is -2.09. The maximum absolute atomic E-state index is 6.16. The maximum atomic E-state index is 6.16. The van der Waals surface area contributed by atoms with Crippen molar-refractivity contribution in [3.8, 4) is 22.8 Å². The van der Waals surface area contributed by atoms with Crippen LogP contribution in [0.2, 0.25) is 5.02 Å². The van der Waals surface area contributed by atoms with Gasteiger partial charge in [-0.05, 0) is 12.5 Å². The Labute approximate surface area is 108 Å². The molecule has 1 aliphatic heterocycles. The van der Waals surface area contributed by atoms with Crippen molar-refractivity contribution in [2.75, 3.05) is 12.5 Å². The molecule has 94 valence electrons. The van der Waals surface area contributed by atoms with E-state index in [-0.39, 0.29) is 6.79 Å². The minimum absolute atomic E-state index is 0.185. The summed E-state index contributed by atoms with van der Waals surface area (Å²) >= 11 is 6.16. The van der Waals surface area contributed by atoms with Gasteiger partial charge in [0.15, 0.2) is 23.1 Å². The number of ether oxygens (including phenoxy) is 2. The highest BCUT2D eigenvalue weighted by Crippen LogP contribution is 2.46. The van der Waals surface area contributed by atoms with Crippen molar-refractivity contribution in [2.24, 2.45) is 0 Å². The first kappa shape index (κ1) is 11.2. The summed E-state index contributed by atoms with van der Waals surface area (Å²) < 4.78 is 16.0. The molecule has 3 rings (SSSR count). The van der Waals surface area contributed by atoms with Crippen molar-refractivity contribution >= 4 is 17.4 Å². The lowest BCUT2D eigenvalue weighted by atomic mass is 10.0. The first-order chi connectivity index (χ1) is 8.70. The number of hydrogen-bond acceptors (Lipinski definition) is 5. The monoisotopic (exact) mass is 266 g/mol. The molecular weight excluding hydrogens is 256 g/mol. The first-order valence-electron chi connectivity index (χ1n) is 5.54. The van der Waals surface area contributed by atoms with Gasteiger partial charge in [0.05, 0.1) is 5.02 Å². The van der Waals surface area contributed by atoms with Crippen LogP contribution in [0.1, 0.15) is 12.5 Å². The molecule has 0 saturated heterocycles. The molecule has 1 aromatic carbocycles. The fourth-order valence-corrected chi connectivity index (χ4v) is 2.32. The van der Waals surface area contributed by atoms with Gasteiger partial charge in [-0.3, -0.25) is 0 Å². The largest absolute Gasteiger partial charge is 0.453 e. The number of halogens is 1. The van der Waals surface area contributed by atoms with Crippen LogP contribution in [0.5, 0.6) is 11.5 Å². The smallest absolute Gasteiger partial charge is 0.231 e. The van der Waals surface area contributed by atoms with Crippen molar-refractivity contribution in [2.45, 2.75) is 13.3 Å². The second kappa shape index (κ2) is 4.10. The van der Waals surface area contributed by atoms with Gasteiger partial charge in [-0.2, -0.15) is 0 Å². The fourth-order valence-electron chi connectivity index (χ4n) is 2.07. The van der Waals surface area contributed by atoms with Crippen molar-refractivity contribution in [1.29, 1.82) is 0 Å². The molecule has 18 heavy (non-hydrogen) atoms. The van der Waals surface area contributed by atoms with Crippen LogP contribution in [0.4, 0.5) is 5.82 Å². The summed E-state index contributed by atoms with van der Waals surface area (Å²) in [5, 5.41) is 4.17. The highest BCUT2D eigenvalue weighted by Gasteiger charge is 2.25. The fraction of sp³-hybridized carbons (Fsp3) is 0.250. The number of hydrogen-bond donors (Lipinski definition) is 1. The van der Waals surface area contributed by atoms with Gasteiger partial charge in [-0.25, -0.2) is 0 Å². The highest BCUT2D eigenvalue weighted by molar-refractivity contribution is 6.32. The predicted octanol–water partition coefficient (Wildman–Crippen LogP) is 2.87. The van der Waals surface area contributed by atoms with E-state index in [0.717, 1.165) is 17.5 Å². The third-order valence-electron chi connectivity index (χ3n) is 2.85. The zero-order valence-corrected chi connectivity index (χ0v) is 10.5. The number of benzene rings is 1. The van der Waals surface area contributed by atoms with Crippen LogP contribution < -0.4 is 15.2 Å². The van der Waals surface area contributed by atoms with Crippen LogP contribution in [0.15, 0.2) is 16.7 Å². The molecule has 0 radical (unpaired) electrons. The number of nitrogen functional groups attached to an aromatic ring is 1. The quantitative estimate of drug-likeness (QED) is 0.905. The van der Waals surface area contributed by atoms with Crippen LogP contribution in [0.3, 0.4) is 0 Å². The first-order valence-corrected chi connectivity index (χ1v) is 5.92. The minimum atomic E-state index is 0.185. The van der Waals surface area contributed by atoms with E-state index in [1.165, 1.54) is 0 Å². The van der Waals surface area contributed by atoms with Crippen molar-refractivity contribution in [1.82, 2.24) is 5.16 Å².